The van der Waals surface area contributed by atoms with Gasteiger partial charge in [-0.05, 0) is 30.5 Å². The molecule has 1 aliphatic carbocycles. The van der Waals surface area contributed by atoms with E-state index in [9.17, 15) is 18.0 Å². The van der Waals surface area contributed by atoms with Crippen molar-refractivity contribution in [3.05, 3.63) is 47.3 Å². The van der Waals surface area contributed by atoms with Crippen LogP contribution in [0, 0.1) is 11.6 Å². The minimum absolute atomic E-state index is 0.270. The van der Waals surface area contributed by atoms with E-state index >= 15 is 0 Å². The molecule has 1 aliphatic rings. The van der Waals surface area contributed by atoms with Gasteiger partial charge in [0.05, 0.1) is 0 Å². The maximum Gasteiger partial charge on any atom is 0.303 e. The number of benzene rings is 1. The summed E-state index contributed by atoms with van der Waals surface area (Å²) >= 11 is 0. The number of allylic oxidation sites excluding steroid dienone is 1. The van der Waals surface area contributed by atoms with Crippen LogP contribution >= 0.6 is 0 Å². The number of esters is 1. The van der Waals surface area contributed by atoms with Gasteiger partial charge in [0, 0.05) is 18.4 Å². The molecule has 5 heteroatoms. The van der Waals surface area contributed by atoms with E-state index in [2.05, 4.69) is 4.74 Å². The van der Waals surface area contributed by atoms with E-state index in [1.165, 1.54) is 19.1 Å². The van der Waals surface area contributed by atoms with Gasteiger partial charge >= 0.3 is 5.97 Å². The molecule has 0 unspecified atom stereocenters. The number of carbonyl (C=O) groups excluding carboxylic acids is 1. The normalized spacial score (nSPS) is 17.2. The largest absolute Gasteiger partial charge is 0.459 e. The third-order valence-electron chi connectivity index (χ3n) is 3.10. The van der Waals surface area contributed by atoms with Gasteiger partial charge in [-0.25, -0.2) is 13.2 Å². The molecule has 2 rings (SSSR count). The van der Waals surface area contributed by atoms with Crippen molar-refractivity contribution in [2.75, 3.05) is 6.61 Å². The Balaban J connectivity index is 2.19. The first-order chi connectivity index (χ1) is 8.93. The van der Waals surface area contributed by atoms with Gasteiger partial charge in [0.25, 0.3) is 0 Å². The smallest absolute Gasteiger partial charge is 0.303 e. The Bertz CT molecular complexity index is 533. The van der Waals surface area contributed by atoms with Crippen molar-refractivity contribution in [1.29, 1.82) is 0 Å². The molecular formula is C14H13F3O2. The lowest BCUT2D eigenvalue weighted by molar-refractivity contribution is -0.140. The van der Waals surface area contributed by atoms with E-state index in [1.807, 2.05) is 0 Å². The molecule has 0 saturated heterocycles. The first-order valence-corrected chi connectivity index (χ1v) is 5.89. The van der Waals surface area contributed by atoms with E-state index in [0.29, 0.717) is 12.8 Å². The number of rotatable bonds is 4. The highest BCUT2D eigenvalue weighted by molar-refractivity contribution is 5.66. The molecule has 0 heterocycles. The molecule has 0 aromatic heterocycles. The number of hydrogen-bond donors (Lipinski definition) is 0. The van der Waals surface area contributed by atoms with Crippen LogP contribution in [-0.4, -0.2) is 12.6 Å². The molecule has 1 fully saturated rings. The summed E-state index contributed by atoms with van der Waals surface area (Å²) < 4.78 is 44.6. The second-order valence-electron chi connectivity index (χ2n) is 4.65. The lowest BCUT2D eigenvalue weighted by Crippen LogP contribution is -2.09. The first-order valence-electron chi connectivity index (χ1n) is 5.89. The molecule has 1 aromatic carbocycles. The quantitative estimate of drug-likeness (QED) is 0.784. The van der Waals surface area contributed by atoms with Crippen molar-refractivity contribution in [3.63, 3.8) is 0 Å². The van der Waals surface area contributed by atoms with E-state index in [4.69, 9.17) is 0 Å². The van der Waals surface area contributed by atoms with Crippen molar-refractivity contribution >= 4 is 5.97 Å². The van der Waals surface area contributed by atoms with Crippen molar-refractivity contribution < 1.29 is 22.7 Å². The second kappa shape index (κ2) is 5.07. The maximum atomic E-state index is 13.7. The highest BCUT2D eigenvalue weighted by atomic mass is 19.1. The van der Waals surface area contributed by atoms with Crippen LogP contribution in [0.3, 0.4) is 0 Å². The lowest BCUT2D eigenvalue weighted by atomic mass is 9.94. The molecule has 102 valence electrons. The number of ether oxygens (including phenoxy) is 1. The van der Waals surface area contributed by atoms with Crippen LogP contribution in [0.5, 0.6) is 0 Å². The standard InChI is InChI=1S/C14H13F3O2/c1-9(18)19-8-11(16)7-14(4-5-14)12-3-2-10(15)6-13(12)17/h2-3,6-7H,4-5,8H2,1H3. The fraction of sp³-hybridized carbons (Fsp3) is 0.357. The van der Waals surface area contributed by atoms with Gasteiger partial charge < -0.3 is 4.74 Å². The number of carbonyl (C=O) groups is 1. The van der Waals surface area contributed by atoms with Crippen LogP contribution in [-0.2, 0) is 14.9 Å². The van der Waals surface area contributed by atoms with Gasteiger partial charge in [-0.15, -0.1) is 0 Å². The third-order valence-corrected chi connectivity index (χ3v) is 3.10. The minimum Gasteiger partial charge on any atom is -0.459 e. The molecule has 1 saturated carbocycles. The molecule has 19 heavy (non-hydrogen) atoms. The molecule has 0 amide bonds. The predicted molar refractivity (Wildman–Crippen MR) is 63.1 cm³/mol. The third kappa shape index (κ3) is 3.16. The molecule has 0 bridgehead atoms. The summed E-state index contributed by atoms with van der Waals surface area (Å²) in [6, 6.07) is 3.26. The van der Waals surface area contributed by atoms with E-state index in [0.717, 1.165) is 12.1 Å². The average molecular weight is 270 g/mol. The second-order valence-corrected chi connectivity index (χ2v) is 4.65. The summed E-state index contributed by atoms with van der Waals surface area (Å²) in [5, 5.41) is 0. The van der Waals surface area contributed by atoms with Gasteiger partial charge in [-0.2, -0.15) is 0 Å². The fourth-order valence-corrected chi connectivity index (χ4v) is 2.03. The van der Waals surface area contributed by atoms with Crippen LogP contribution in [0.1, 0.15) is 25.3 Å². The summed E-state index contributed by atoms with van der Waals surface area (Å²) in [4.78, 5) is 10.6. The molecular weight excluding hydrogens is 257 g/mol. The molecule has 0 aliphatic heterocycles. The van der Waals surface area contributed by atoms with Crippen molar-refractivity contribution in [1.82, 2.24) is 0 Å². The first kappa shape index (κ1) is 13.6. The SMILES string of the molecule is CC(=O)OCC(F)=CC1(c2ccc(F)cc2F)CC1. The topological polar surface area (TPSA) is 26.3 Å². The molecule has 0 N–H and O–H groups in total. The molecule has 1 aromatic rings. The highest BCUT2D eigenvalue weighted by Gasteiger charge is 2.44. The van der Waals surface area contributed by atoms with E-state index in [-0.39, 0.29) is 5.56 Å². The zero-order valence-corrected chi connectivity index (χ0v) is 10.4. The van der Waals surface area contributed by atoms with Crippen molar-refractivity contribution in [2.24, 2.45) is 0 Å². The fourth-order valence-electron chi connectivity index (χ4n) is 2.03. The Labute approximate surface area is 108 Å². The van der Waals surface area contributed by atoms with Gasteiger partial charge in [0.15, 0.2) is 0 Å². The van der Waals surface area contributed by atoms with Gasteiger partial charge in [-0.1, -0.05) is 6.07 Å². The minimum atomic E-state index is -0.734. The Hall–Kier alpha value is -1.78. The average Bonchev–Trinajstić information content (AvgIpc) is 3.07. The van der Waals surface area contributed by atoms with E-state index < -0.39 is 35.5 Å². The summed E-state index contributed by atoms with van der Waals surface area (Å²) in [7, 11) is 0. The summed E-state index contributed by atoms with van der Waals surface area (Å²) in [6.45, 7) is 0.722. The monoisotopic (exact) mass is 270 g/mol. The van der Waals surface area contributed by atoms with Crippen LogP contribution in [0.15, 0.2) is 30.1 Å². The van der Waals surface area contributed by atoms with Crippen LogP contribution in [0.25, 0.3) is 0 Å². The molecule has 0 spiro atoms. The number of hydrogen-bond acceptors (Lipinski definition) is 2. The van der Waals surface area contributed by atoms with Crippen LogP contribution in [0.2, 0.25) is 0 Å². The number of halogens is 3. The van der Waals surface area contributed by atoms with Crippen LogP contribution < -0.4 is 0 Å². The summed E-state index contributed by atoms with van der Waals surface area (Å²) in [6.07, 6.45) is 2.43. The zero-order valence-electron chi connectivity index (χ0n) is 10.4. The molecule has 2 nitrogen and oxygen atoms in total. The lowest BCUT2D eigenvalue weighted by Gasteiger charge is -2.12. The summed E-state index contributed by atoms with van der Waals surface area (Å²) in [5.74, 6) is -2.56. The maximum absolute atomic E-state index is 13.7. The Morgan fingerprint density at radius 3 is 2.63 bits per heavy atom. The van der Waals surface area contributed by atoms with Crippen molar-refractivity contribution in [2.45, 2.75) is 25.2 Å². The van der Waals surface area contributed by atoms with Crippen molar-refractivity contribution in [3.8, 4) is 0 Å². The van der Waals surface area contributed by atoms with Crippen LogP contribution in [0.4, 0.5) is 13.2 Å². The van der Waals surface area contributed by atoms with Gasteiger partial charge in [0.1, 0.15) is 24.1 Å². The highest BCUT2D eigenvalue weighted by Crippen LogP contribution is 2.51. The molecule has 0 radical (unpaired) electrons. The Kier molecular flexibility index (Phi) is 3.64. The Morgan fingerprint density at radius 2 is 2.11 bits per heavy atom. The molecule has 0 atom stereocenters. The Morgan fingerprint density at radius 1 is 1.42 bits per heavy atom. The van der Waals surface area contributed by atoms with Gasteiger partial charge in [-0.3, -0.25) is 4.79 Å². The zero-order chi connectivity index (χ0) is 14.0. The summed E-state index contributed by atoms with van der Waals surface area (Å²) in [5.41, 5.74) is -0.464. The van der Waals surface area contributed by atoms with E-state index in [1.54, 1.807) is 0 Å². The van der Waals surface area contributed by atoms with Gasteiger partial charge in [0.2, 0.25) is 0 Å². The predicted octanol–water partition coefficient (Wildman–Crippen LogP) is 3.41.